The molecule has 235 valence electrons. The van der Waals surface area contributed by atoms with Gasteiger partial charge in [0.05, 0.1) is 19.0 Å². The van der Waals surface area contributed by atoms with Crippen molar-refractivity contribution in [1.82, 2.24) is 0 Å². The number of benzene rings is 4. The molecule has 2 aliphatic carbocycles. The maximum absolute atomic E-state index is 8.54. The Morgan fingerprint density at radius 3 is 1.82 bits per heavy atom. The van der Waals surface area contributed by atoms with Crippen LogP contribution in [0.15, 0.2) is 97.1 Å². The third-order valence-electron chi connectivity index (χ3n) is 9.10. The molecule has 0 aliphatic heterocycles. The molecule has 6 rings (SSSR count). The van der Waals surface area contributed by atoms with E-state index in [2.05, 4.69) is 94.4 Å². The summed E-state index contributed by atoms with van der Waals surface area (Å²) in [4.78, 5) is 0. The molecule has 1 atom stereocenters. The van der Waals surface area contributed by atoms with Gasteiger partial charge < -0.3 is 14.6 Å². The summed E-state index contributed by atoms with van der Waals surface area (Å²) in [5, 5.41) is 8.54. The van der Waals surface area contributed by atoms with Crippen LogP contribution in [-0.2, 0) is 43.0 Å². The number of hydrogen-bond acceptors (Lipinski definition) is 3. The van der Waals surface area contributed by atoms with E-state index >= 15 is 0 Å². The quantitative estimate of drug-likeness (QED) is 0.196. The zero-order valence-electron chi connectivity index (χ0n) is 26.6. The fourth-order valence-electron chi connectivity index (χ4n) is 6.74. The van der Waals surface area contributed by atoms with Gasteiger partial charge in [-0.3, -0.25) is 0 Å². The van der Waals surface area contributed by atoms with Crippen LogP contribution in [0.25, 0.3) is 0 Å². The molecular weight excluding hydrogens is 587 g/mol. The normalized spacial score (nSPS) is 16.5. The summed E-state index contributed by atoms with van der Waals surface area (Å²) in [7, 11) is 0. The first kappa shape index (κ1) is 33.7. The third kappa shape index (κ3) is 8.09. The van der Waals surface area contributed by atoms with Crippen LogP contribution >= 0.6 is 0 Å². The van der Waals surface area contributed by atoms with Gasteiger partial charge in [0.1, 0.15) is 12.4 Å². The van der Waals surface area contributed by atoms with E-state index in [1.54, 1.807) is 5.92 Å². The first-order valence-corrected chi connectivity index (χ1v) is 15.9. The number of ether oxygens (including phenoxy) is 2. The maximum atomic E-state index is 8.54. The van der Waals surface area contributed by atoms with Gasteiger partial charge in [-0.1, -0.05) is 150 Å². The second-order valence-corrected chi connectivity index (χ2v) is 13.0. The molecule has 0 heterocycles. The molecular formula is C40H47CoO3-. The van der Waals surface area contributed by atoms with Crippen LogP contribution in [0.2, 0.25) is 0 Å². The third-order valence-corrected chi connectivity index (χ3v) is 9.10. The molecule has 2 aliphatic rings. The SMILES string of the molecule is CC(C)c1cc2c(c(OCc3ccccc3)c1OCc1ccccc1)[C-]1CCCC(C)(C)C1CC2.OCc1ccccc1.[Co]. The van der Waals surface area contributed by atoms with E-state index < -0.39 is 0 Å². The predicted octanol–water partition coefficient (Wildman–Crippen LogP) is 9.84. The van der Waals surface area contributed by atoms with E-state index in [9.17, 15) is 0 Å². The van der Waals surface area contributed by atoms with E-state index in [-0.39, 0.29) is 23.4 Å². The molecule has 0 spiro atoms. The Labute approximate surface area is 275 Å². The molecule has 4 aromatic carbocycles. The molecule has 0 aromatic heterocycles. The standard InChI is InChI=1S/C33H39O2.C7H8O.Co/c1-23(2)28-20-26-17-18-29-27(16-11-19-33(29,3)4)30(26)32(35-22-25-14-9-6-10-15-25)31(28)34-21-24-12-7-5-8-13-24;8-6-7-4-2-1-3-5-7;/h5-10,12-15,20,23,29H,11,16-19,21-22H2,1-4H3;1-5,8H,6H2;/q-1;;. The van der Waals surface area contributed by atoms with Crippen LogP contribution < -0.4 is 9.47 Å². The smallest absolute Gasteiger partial charge is 0.112 e. The summed E-state index contributed by atoms with van der Waals surface area (Å²) in [5.74, 6) is 4.49. The zero-order chi connectivity index (χ0) is 30.2. The molecule has 1 N–H and O–H groups in total. The fraction of sp³-hybridized carbons (Fsp3) is 0.375. The second kappa shape index (κ2) is 15.7. The molecule has 44 heavy (non-hydrogen) atoms. The maximum Gasteiger partial charge on any atom is 0.112 e. The Bertz CT molecular complexity index is 1430. The summed E-state index contributed by atoms with van der Waals surface area (Å²) < 4.78 is 13.4. The molecule has 0 amide bonds. The number of rotatable bonds is 8. The molecule has 1 radical (unpaired) electrons. The summed E-state index contributed by atoms with van der Waals surface area (Å²) in [6.07, 6.45) is 6.09. The van der Waals surface area contributed by atoms with Crippen LogP contribution in [-0.4, -0.2) is 5.11 Å². The minimum absolute atomic E-state index is 0. The van der Waals surface area contributed by atoms with Gasteiger partial charge in [-0.05, 0) is 40.0 Å². The van der Waals surface area contributed by atoms with Crippen LogP contribution in [0.5, 0.6) is 11.5 Å². The molecule has 0 saturated heterocycles. The first-order chi connectivity index (χ1) is 20.9. The van der Waals surface area contributed by atoms with E-state index in [4.69, 9.17) is 14.6 Å². The van der Waals surface area contributed by atoms with Gasteiger partial charge in [-0.15, -0.1) is 17.2 Å². The van der Waals surface area contributed by atoms with Crippen molar-refractivity contribution < 1.29 is 31.4 Å². The Kier molecular flexibility index (Phi) is 12.0. The van der Waals surface area contributed by atoms with Crippen LogP contribution in [0.4, 0.5) is 0 Å². The van der Waals surface area contributed by atoms with Crippen LogP contribution in [0.3, 0.4) is 0 Å². The van der Waals surface area contributed by atoms with Crippen LogP contribution in [0, 0.1) is 17.3 Å². The monoisotopic (exact) mass is 634 g/mol. The van der Waals surface area contributed by atoms with Gasteiger partial charge in [-0.2, -0.15) is 5.92 Å². The average molecular weight is 635 g/mol. The topological polar surface area (TPSA) is 38.7 Å². The van der Waals surface area contributed by atoms with Crippen molar-refractivity contribution in [2.75, 3.05) is 0 Å². The number of aliphatic hydroxyl groups excluding tert-OH is 1. The van der Waals surface area contributed by atoms with Gasteiger partial charge in [0.2, 0.25) is 0 Å². The summed E-state index contributed by atoms with van der Waals surface area (Å²) in [6, 6.07) is 32.9. The van der Waals surface area contributed by atoms with Crippen molar-refractivity contribution >= 4 is 0 Å². The minimum Gasteiger partial charge on any atom is -0.542 e. The summed E-state index contributed by atoms with van der Waals surface area (Å²) >= 11 is 0. The molecule has 0 bridgehead atoms. The van der Waals surface area contributed by atoms with Crippen LogP contribution in [0.1, 0.15) is 92.7 Å². The van der Waals surface area contributed by atoms with Gasteiger partial charge >= 0.3 is 0 Å². The first-order valence-electron chi connectivity index (χ1n) is 15.9. The Hall–Kier alpha value is -3.18. The fourth-order valence-corrected chi connectivity index (χ4v) is 6.74. The van der Waals surface area contributed by atoms with Crippen molar-refractivity contribution in [2.45, 2.75) is 85.5 Å². The molecule has 4 heteroatoms. The zero-order valence-corrected chi connectivity index (χ0v) is 27.7. The van der Waals surface area contributed by atoms with Crippen molar-refractivity contribution in [1.29, 1.82) is 0 Å². The van der Waals surface area contributed by atoms with Gasteiger partial charge in [-0.25, -0.2) is 0 Å². The molecule has 4 aromatic rings. The van der Waals surface area contributed by atoms with E-state index in [0.29, 0.717) is 30.5 Å². The second-order valence-electron chi connectivity index (χ2n) is 13.0. The van der Waals surface area contributed by atoms with Crippen molar-refractivity contribution in [3.8, 4) is 11.5 Å². The van der Waals surface area contributed by atoms with E-state index in [0.717, 1.165) is 23.5 Å². The Morgan fingerprint density at radius 2 is 1.32 bits per heavy atom. The Balaban J connectivity index is 0.000000428. The Morgan fingerprint density at radius 1 is 0.795 bits per heavy atom. The molecule has 1 saturated carbocycles. The predicted molar refractivity (Wildman–Crippen MR) is 176 cm³/mol. The van der Waals surface area contributed by atoms with Gasteiger partial charge in [0.25, 0.3) is 0 Å². The molecule has 3 nitrogen and oxygen atoms in total. The summed E-state index contributed by atoms with van der Waals surface area (Å²) in [5.41, 5.74) is 7.74. The average Bonchev–Trinajstić information content (AvgIpc) is 3.03. The van der Waals surface area contributed by atoms with Crippen molar-refractivity contribution in [3.63, 3.8) is 0 Å². The number of aliphatic hydroxyl groups is 1. The number of fused-ring (bicyclic) bond motifs is 3. The van der Waals surface area contributed by atoms with Gasteiger partial charge in [0.15, 0.2) is 0 Å². The van der Waals surface area contributed by atoms with E-state index in [1.165, 1.54) is 53.5 Å². The molecule has 1 fully saturated rings. The van der Waals surface area contributed by atoms with E-state index in [1.807, 2.05) is 30.3 Å². The number of hydrogen-bond donors (Lipinski definition) is 1. The number of aryl methyl sites for hydroxylation is 1. The van der Waals surface area contributed by atoms with Gasteiger partial charge in [0, 0.05) is 16.8 Å². The molecule has 1 unspecified atom stereocenters. The summed E-state index contributed by atoms with van der Waals surface area (Å²) in [6.45, 7) is 10.7. The minimum atomic E-state index is 0. The largest absolute Gasteiger partial charge is 0.542 e. The van der Waals surface area contributed by atoms with Crippen molar-refractivity contribution in [3.05, 3.63) is 136 Å². The van der Waals surface area contributed by atoms with Crippen molar-refractivity contribution in [2.24, 2.45) is 11.3 Å².